The van der Waals surface area contributed by atoms with Crippen molar-refractivity contribution < 1.29 is 32.7 Å². The second kappa shape index (κ2) is 14.0. The maximum atomic E-state index is 10.8. The molecule has 3 aromatic heterocycles. The molecule has 3 N–H and O–H groups in total. The van der Waals surface area contributed by atoms with Gasteiger partial charge in [-0.25, -0.2) is 14.4 Å². The minimum absolute atomic E-state index is 0. The van der Waals surface area contributed by atoms with Crippen LogP contribution in [0.2, 0.25) is 0 Å². The summed E-state index contributed by atoms with van der Waals surface area (Å²) in [6.07, 6.45) is 1.86. The van der Waals surface area contributed by atoms with Gasteiger partial charge in [0.2, 0.25) is 0 Å². The van der Waals surface area contributed by atoms with Crippen molar-refractivity contribution in [3.05, 3.63) is 83.8 Å². The normalized spacial score (nSPS) is 9.71. The van der Waals surface area contributed by atoms with Crippen molar-refractivity contribution in [2.45, 2.75) is 60.8 Å². The average Bonchev–Trinajstić information content (AvgIpc) is 2.76. The van der Waals surface area contributed by atoms with E-state index in [2.05, 4.69) is 15.0 Å². The zero-order valence-corrected chi connectivity index (χ0v) is 21.1. The molecule has 0 atom stereocenters. The monoisotopic (exact) mass is 518 g/mol. The molecule has 0 amide bonds. The summed E-state index contributed by atoms with van der Waals surface area (Å²) in [6.45, 7) is 10.8. The third kappa shape index (κ3) is 8.49. The minimum atomic E-state index is -0.609. The number of rotatable bonds is 3. The third-order valence-electron chi connectivity index (χ3n) is 4.39. The van der Waals surface area contributed by atoms with Gasteiger partial charge in [0.15, 0.2) is 0 Å². The van der Waals surface area contributed by atoms with Gasteiger partial charge in [0.25, 0.3) is 0 Å². The fourth-order valence-corrected chi connectivity index (χ4v) is 2.72. The zero-order chi connectivity index (χ0) is 25.3. The van der Waals surface area contributed by atoms with Crippen LogP contribution in [0.25, 0.3) is 0 Å². The summed E-state index contributed by atoms with van der Waals surface area (Å²) < 4.78 is 1.73. The van der Waals surface area contributed by atoms with Crippen LogP contribution in [0.1, 0.15) is 54.9 Å². The molecular formula is C21H30FeN6O6+3. The van der Waals surface area contributed by atoms with Gasteiger partial charge < -0.3 is 15.6 Å². The summed E-state index contributed by atoms with van der Waals surface area (Å²) in [4.78, 5) is 43.1. The molecule has 3 aromatic rings. The van der Waals surface area contributed by atoms with Crippen molar-refractivity contribution in [1.29, 1.82) is 0 Å². The van der Waals surface area contributed by atoms with Crippen LogP contribution in [0.5, 0.6) is 0 Å². The molecule has 0 saturated carbocycles. The molecule has 0 aliphatic carbocycles. The predicted octanol–water partition coefficient (Wildman–Crippen LogP) is 1.05. The standard InChI is InChI=1S/3C7H10N2O2.Fe/c3*1-3-6-4-5(2)8-7(10)9(6)11;/h3*4,11H,3H2,1-2H3;/q;;;+3. The molecule has 12 nitrogen and oxygen atoms in total. The van der Waals surface area contributed by atoms with E-state index in [1.54, 1.807) is 39.0 Å². The largest absolute Gasteiger partial charge is 3.00 e. The van der Waals surface area contributed by atoms with Crippen molar-refractivity contribution in [3.8, 4) is 0 Å². The quantitative estimate of drug-likeness (QED) is 0.339. The zero-order valence-electron chi connectivity index (χ0n) is 20.0. The second-order valence-corrected chi connectivity index (χ2v) is 7.01. The summed E-state index contributed by atoms with van der Waals surface area (Å²) in [6, 6.07) is 5.05. The maximum absolute atomic E-state index is 10.8. The molecule has 0 aromatic carbocycles. The SMILES string of the molecule is CCc1cc(C)nc(=O)n1O.CCc1cc(C)nc(=O)n1O.CCc1cc(C)nc(=O)n1O.[Fe+3]. The number of nitrogens with zero attached hydrogens (tertiary/aromatic N) is 6. The Morgan fingerprint density at radius 1 is 0.588 bits per heavy atom. The predicted molar refractivity (Wildman–Crippen MR) is 119 cm³/mol. The van der Waals surface area contributed by atoms with E-state index < -0.39 is 17.1 Å². The van der Waals surface area contributed by atoms with E-state index in [1.807, 2.05) is 20.8 Å². The van der Waals surface area contributed by atoms with Gasteiger partial charge in [0.1, 0.15) is 0 Å². The molecule has 13 heteroatoms. The Morgan fingerprint density at radius 3 is 0.971 bits per heavy atom. The van der Waals surface area contributed by atoms with Gasteiger partial charge in [-0.3, -0.25) is 0 Å². The smallest absolute Gasteiger partial charge is 0.424 e. The van der Waals surface area contributed by atoms with E-state index in [9.17, 15) is 14.4 Å². The van der Waals surface area contributed by atoms with E-state index >= 15 is 0 Å². The van der Waals surface area contributed by atoms with Crippen LogP contribution in [0.4, 0.5) is 0 Å². The molecular weight excluding hydrogens is 488 g/mol. The van der Waals surface area contributed by atoms with Crippen LogP contribution in [0.15, 0.2) is 32.6 Å². The fourth-order valence-electron chi connectivity index (χ4n) is 2.72. The van der Waals surface area contributed by atoms with Crippen LogP contribution in [-0.2, 0) is 36.3 Å². The van der Waals surface area contributed by atoms with Crippen molar-refractivity contribution in [2.75, 3.05) is 0 Å². The van der Waals surface area contributed by atoms with Crippen LogP contribution in [-0.4, -0.2) is 44.8 Å². The van der Waals surface area contributed by atoms with Gasteiger partial charge in [0.05, 0.1) is 17.1 Å². The van der Waals surface area contributed by atoms with Gasteiger partial charge in [-0.15, -0.1) is 14.2 Å². The van der Waals surface area contributed by atoms with Crippen molar-refractivity contribution in [3.63, 3.8) is 0 Å². The Labute approximate surface area is 206 Å². The molecule has 0 unspecified atom stereocenters. The van der Waals surface area contributed by atoms with Crippen LogP contribution >= 0.6 is 0 Å². The summed E-state index contributed by atoms with van der Waals surface area (Å²) in [5, 5.41) is 27.2. The van der Waals surface area contributed by atoms with E-state index in [4.69, 9.17) is 15.6 Å². The summed E-state index contributed by atoms with van der Waals surface area (Å²) in [5.74, 6) is 0. The average molecular weight is 518 g/mol. The first-order chi connectivity index (χ1) is 15.4. The Kier molecular flexibility index (Phi) is 12.5. The number of aryl methyl sites for hydroxylation is 6. The number of hydrogen-bond acceptors (Lipinski definition) is 9. The molecule has 185 valence electrons. The molecule has 0 spiro atoms. The van der Waals surface area contributed by atoms with Gasteiger partial charge in [-0.1, -0.05) is 20.8 Å². The molecule has 0 fully saturated rings. The van der Waals surface area contributed by atoms with E-state index in [1.165, 1.54) is 0 Å². The molecule has 1 radical (unpaired) electrons. The van der Waals surface area contributed by atoms with Crippen molar-refractivity contribution in [1.82, 2.24) is 29.1 Å². The van der Waals surface area contributed by atoms with E-state index in [0.717, 1.165) is 0 Å². The summed E-state index contributed by atoms with van der Waals surface area (Å²) in [5.41, 5.74) is 1.84. The molecule has 0 saturated heterocycles. The Hall–Kier alpha value is -3.44. The molecule has 0 bridgehead atoms. The van der Waals surface area contributed by atoms with Gasteiger partial charge in [-0.05, 0) is 58.2 Å². The van der Waals surface area contributed by atoms with E-state index in [0.29, 0.717) is 67.6 Å². The number of hydrogen-bond donors (Lipinski definition) is 3. The van der Waals surface area contributed by atoms with E-state index in [-0.39, 0.29) is 17.1 Å². The number of aromatic nitrogens is 6. The van der Waals surface area contributed by atoms with Crippen molar-refractivity contribution >= 4 is 0 Å². The first kappa shape index (κ1) is 30.6. The minimum Gasteiger partial charge on any atom is -0.424 e. The topological polar surface area (TPSA) is 165 Å². The Bertz CT molecular complexity index is 1110. The molecule has 0 aliphatic heterocycles. The molecule has 0 aliphatic rings. The fraction of sp³-hybridized carbons (Fsp3) is 0.429. The third-order valence-corrected chi connectivity index (χ3v) is 4.39. The Morgan fingerprint density at radius 2 is 0.794 bits per heavy atom. The van der Waals surface area contributed by atoms with Gasteiger partial charge >= 0.3 is 34.1 Å². The maximum Gasteiger partial charge on any atom is 3.00 e. The molecule has 3 heterocycles. The van der Waals surface area contributed by atoms with Crippen molar-refractivity contribution in [2.24, 2.45) is 0 Å². The van der Waals surface area contributed by atoms with Crippen LogP contribution < -0.4 is 17.1 Å². The Balaban J connectivity index is 0.000000473. The van der Waals surface area contributed by atoms with Crippen LogP contribution in [0.3, 0.4) is 0 Å². The summed E-state index contributed by atoms with van der Waals surface area (Å²) in [7, 11) is 0. The molecule has 34 heavy (non-hydrogen) atoms. The van der Waals surface area contributed by atoms with Gasteiger partial charge in [-0.2, -0.15) is 15.0 Å². The second-order valence-electron chi connectivity index (χ2n) is 7.01. The summed E-state index contributed by atoms with van der Waals surface area (Å²) >= 11 is 0. The van der Waals surface area contributed by atoms with Crippen LogP contribution in [0, 0.1) is 20.8 Å². The first-order valence-corrected chi connectivity index (χ1v) is 10.3. The molecule has 3 rings (SSSR count). The van der Waals surface area contributed by atoms with Gasteiger partial charge in [0, 0.05) is 17.1 Å². The first-order valence-electron chi connectivity index (χ1n) is 10.3.